The average Bonchev–Trinajstić information content (AvgIpc) is 2.78. The van der Waals surface area contributed by atoms with E-state index in [0.717, 1.165) is 19.4 Å². The molecule has 1 saturated heterocycles. The standard InChI is InChI=1S/C12H15N3O3/c1-12(7-2-8-13-12)11(16)14-9-3-5-10(6-4-9)15(17)18/h3-6,13H,2,7-8H2,1H3,(H,14,16). The first kappa shape index (κ1) is 12.5. The Morgan fingerprint density at radius 1 is 1.44 bits per heavy atom. The van der Waals surface area contributed by atoms with Gasteiger partial charge in [0.1, 0.15) is 0 Å². The maximum absolute atomic E-state index is 12.0. The highest BCUT2D eigenvalue weighted by Gasteiger charge is 2.35. The lowest BCUT2D eigenvalue weighted by Gasteiger charge is -2.22. The number of nitrogens with one attached hydrogen (secondary N) is 2. The first-order chi connectivity index (χ1) is 8.51. The summed E-state index contributed by atoms with van der Waals surface area (Å²) >= 11 is 0. The molecule has 0 aliphatic carbocycles. The molecule has 2 rings (SSSR count). The van der Waals surface area contributed by atoms with Crippen molar-refractivity contribution in [3.8, 4) is 0 Å². The Hall–Kier alpha value is -1.95. The van der Waals surface area contributed by atoms with Crippen molar-refractivity contribution in [1.29, 1.82) is 0 Å². The minimum absolute atomic E-state index is 0.0122. The normalized spacial score (nSPS) is 22.7. The van der Waals surface area contributed by atoms with Gasteiger partial charge < -0.3 is 10.6 Å². The van der Waals surface area contributed by atoms with Crippen LogP contribution in [0, 0.1) is 10.1 Å². The number of hydrogen-bond donors (Lipinski definition) is 2. The van der Waals surface area contributed by atoms with E-state index >= 15 is 0 Å². The number of nitro benzene ring substituents is 1. The van der Waals surface area contributed by atoms with Crippen molar-refractivity contribution < 1.29 is 9.72 Å². The van der Waals surface area contributed by atoms with Gasteiger partial charge >= 0.3 is 0 Å². The number of nitrogens with zero attached hydrogens (tertiary/aromatic N) is 1. The molecule has 1 fully saturated rings. The molecule has 1 aromatic rings. The molecule has 1 aromatic carbocycles. The molecule has 1 amide bonds. The topological polar surface area (TPSA) is 84.3 Å². The molecule has 1 atom stereocenters. The molecule has 2 N–H and O–H groups in total. The van der Waals surface area contributed by atoms with Crippen LogP contribution in [0.5, 0.6) is 0 Å². The molecular weight excluding hydrogens is 234 g/mol. The van der Waals surface area contributed by atoms with Gasteiger partial charge in [0.2, 0.25) is 5.91 Å². The Kier molecular flexibility index (Phi) is 3.29. The summed E-state index contributed by atoms with van der Waals surface area (Å²) in [6.45, 7) is 2.70. The third kappa shape index (κ3) is 2.48. The molecule has 1 aliphatic heterocycles. The van der Waals surface area contributed by atoms with Crippen molar-refractivity contribution in [3.63, 3.8) is 0 Å². The minimum atomic E-state index is -0.540. The van der Waals surface area contributed by atoms with E-state index in [-0.39, 0.29) is 11.6 Å². The van der Waals surface area contributed by atoms with Crippen molar-refractivity contribution in [2.24, 2.45) is 0 Å². The third-order valence-electron chi connectivity index (χ3n) is 3.21. The second-order valence-electron chi connectivity index (χ2n) is 4.62. The first-order valence-electron chi connectivity index (χ1n) is 5.82. The summed E-state index contributed by atoms with van der Waals surface area (Å²) in [5, 5.41) is 16.4. The van der Waals surface area contributed by atoms with Gasteiger partial charge in [0, 0.05) is 17.8 Å². The summed E-state index contributed by atoms with van der Waals surface area (Å²) in [4.78, 5) is 22.1. The predicted molar refractivity (Wildman–Crippen MR) is 67.4 cm³/mol. The smallest absolute Gasteiger partial charge is 0.269 e. The Balaban J connectivity index is 2.05. The van der Waals surface area contributed by atoms with Crippen LogP contribution in [0.2, 0.25) is 0 Å². The Morgan fingerprint density at radius 2 is 2.11 bits per heavy atom. The molecular formula is C12H15N3O3. The SMILES string of the molecule is CC1(C(=O)Nc2ccc([N+](=O)[O-])cc2)CCCN1. The van der Waals surface area contributed by atoms with E-state index in [1.807, 2.05) is 6.92 Å². The summed E-state index contributed by atoms with van der Waals surface area (Å²) in [5.41, 5.74) is 0.0422. The van der Waals surface area contributed by atoms with Crippen molar-refractivity contribution in [1.82, 2.24) is 5.32 Å². The fraction of sp³-hybridized carbons (Fsp3) is 0.417. The van der Waals surface area contributed by atoms with Crippen LogP contribution < -0.4 is 10.6 Å². The van der Waals surface area contributed by atoms with Crippen LogP contribution in [0.4, 0.5) is 11.4 Å². The van der Waals surface area contributed by atoms with E-state index < -0.39 is 10.5 Å². The summed E-state index contributed by atoms with van der Waals surface area (Å²) in [7, 11) is 0. The fourth-order valence-corrected chi connectivity index (χ4v) is 2.02. The van der Waals surface area contributed by atoms with Crippen LogP contribution in [0.1, 0.15) is 19.8 Å². The quantitative estimate of drug-likeness (QED) is 0.630. The van der Waals surface area contributed by atoms with Crippen LogP contribution in [-0.2, 0) is 4.79 Å². The zero-order valence-corrected chi connectivity index (χ0v) is 10.1. The van der Waals surface area contributed by atoms with E-state index in [9.17, 15) is 14.9 Å². The highest BCUT2D eigenvalue weighted by molar-refractivity contribution is 5.98. The number of non-ortho nitro benzene ring substituents is 1. The van der Waals surface area contributed by atoms with Gasteiger partial charge in [-0.05, 0) is 38.4 Å². The maximum Gasteiger partial charge on any atom is 0.269 e. The van der Waals surface area contributed by atoms with Crippen LogP contribution in [0.3, 0.4) is 0 Å². The molecule has 1 unspecified atom stereocenters. The summed E-state index contributed by atoms with van der Waals surface area (Å²) < 4.78 is 0. The number of benzene rings is 1. The Bertz CT molecular complexity index is 464. The van der Waals surface area contributed by atoms with Crippen molar-refractivity contribution >= 4 is 17.3 Å². The molecule has 6 heteroatoms. The lowest BCUT2D eigenvalue weighted by atomic mass is 9.99. The number of carbonyl (C=O) groups is 1. The van der Waals surface area contributed by atoms with E-state index in [4.69, 9.17) is 0 Å². The van der Waals surface area contributed by atoms with Gasteiger partial charge in [-0.25, -0.2) is 0 Å². The van der Waals surface area contributed by atoms with E-state index in [0.29, 0.717) is 5.69 Å². The lowest BCUT2D eigenvalue weighted by molar-refractivity contribution is -0.384. The molecule has 1 heterocycles. The first-order valence-corrected chi connectivity index (χ1v) is 5.82. The molecule has 0 bridgehead atoms. The van der Waals surface area contributed by atoms with Gasteiger partial charge in [-0.15, -0.1) is 0 Å². The van der Waals surface area contributed by atoms with Crippen LogP contribution >= 0.6 is 0 Å². The molecule has 0 spiro atoms. The minimum Gasteiger partial charge on any atom is -0.324 e. The fourth-order valence-electron chi connectivity index (χ4n) is 2.02. The van der Waals surface area contributed by atoms with Crippen LogP contribution in [-0.4, -0.2) is 22.9 Å². The van der Waals surface area contributed by atoms with Gasteiger partial charge in [-0.3, -0.25) is 14.9 Å². The number of hydrogen-bond acceptors (Lipinski definition) is 4. The number of anilines is 1. The molecule has 0 aromatic heterocycles. The largest absolute Gasteiger partial charge is 0.324 e. The van der Waals surface area contributed by atoms with E-state index in [1.54, 1.807) is 0 Å². The number of amides is 1. The summed E-state index contributed by atoms with van der Waals surface area (Å²) in [5.74, 6) is -0.103. The summed E-state index contributed by atoms with van der Waals surface area (Å²) in [6, 6.07) is 5.82. The number of rotatable bonds is 3. The predicted octanol–water partition coefficient (Wildman–Crippen LogP) is 1.68. The monoisotopic (exact) mass is 249 g/mol. The zero-order chi connectivity index (χ0) is 13.2. The molecule has 6 nitrogen and oxygen atoms in total. The van der Waals surface area contributed by atoms with Crippen molar-refractivity contribution in [2.45, 2.75) is 25.3 Å². The second-order valence-corrected chi connectivity index (χ2v) is 4.62. The van der Waals surface area contributed by atoms with Gasteiger partial charge in [0.05, 0.1) is 10.5 Å². The third-order valence-corrected chi connectivity index (χ3v) is 3.21. The molecule has 1 aliphatic rings. The maximum atomic E-state index is 12.0. The van der Waals surface area contributed by atoms with Gasteiger partial charge in [0.15, 0.2) is 0 Å². The molecule has 0 radical (unpaired) electrons. The van der Waals surface area contributed by atoms with E-state index in [2.05, 4.69) is 10.6 Å². The van der Waals surface area contributed by atoms with Crippen molar-refractivity contribution in [3.05, 3.63) is 34.4 Å². The lowest BCUT2D eigenvalue weighted by Crippen LogP contribution is -2.47. The van der Waals surface area contributed by atoms with Crippen LogP contribution in [0.25, 0.3) is 0 Å². The molecule has 18 heavy (non-hydrogen) atoms. The van der Waals surface area contributed by atoms with Gasteiger partial charge in [0.25, 0.3) is 5.69 Å². The highest BCUT2D eigenvalue weighted by atomic mass is 16.6. The number of carbonyl (C=O) groups excluding carboxylic acids is 1. The average molecular weight is 249 g/mol. The molecule has 0 saturated carbocycles. The summed E-state index contributed by atoms with van der Waals surface area (Å²) in [6.07, 6.45) is 1.77. The number of nitro groups is 1. The second kappa shape index (κ2) is 4.73. The van der Waals surface area contributed by atoms with Gasteiger partial charge in [-0.1, -0.05) is 0 Å². The van der Waals surface area contributed by atoms with Crippen molar-refractivity contribution in [2.75, 3.05) is 11.9 Å². The van der Waals surface area contributed by atoms with E-state index in [1.165, 1.54) is 24.3 Å². The van der Waals surface area contributed by atoms with Crippen LogP contribution in [0.15, 0.2) is 24.3 Å². The molecule has 96 valence electrons. The Labute approximate surface area is 105 Å². The zero-order valence-electron chi connectivity index (χ0n) is 10.1. The highest BCUT2D eigenvalue weighted by Crippen LogP contribution is 2.22. The van der Waals surface area contributed by atoms with Gasteiger partial charge in [-0.2, -0.15) is 0 Å². The Morgan fingerprint density at radius 3 is 2.61 bits per heavy atom.